The average molecular weight is 326 g/mol. The van der Waals surface area contributed by atoms with E-state index in [-0.39, 0.29) is 0 Å². The highest BCUT2D eigenvalue weighted by atomic mass is 35.5. The van der Waals surface area contributed by atoms with E-state index in [9.17, 15) is 0 Å². The molecule has 1 saturated heterocycles. The van der Waals surface area contributed by atoms with Crippen molar-refractivity contribution in [2.24, 2.45) is 5.92 Å². The lowest BCUT2D eigenvalue weighted by atomic mass is 10.1. The molecule has 0 aliphatic carbocycles. The van der Waals surface area contributed by atoms with E-state index in [1.54, 1.807) is 0 Å². The molecule has 1 aromatic carbocycles. The molecule has 0 N–H and O–H groups in total. The maximum atomic E-state index is 6.16. The number of benzene rings is 1. The second-order valence-electron chi connectivity index (χ2n) is 5.76. The number of nitrogens with zero attached hydrogens (tertiary/aromatic N) is 3. The Balaban J connectivity index is 1.91. The lowest BCUT2D eigenvalue weighted by molar-refractivity contribution is 0.332. The van der Waals surface area contributed by atoms with Gasteiger partial charge in [0.1, 0.15) is 5.82 Å². The molecule has 1 aliphatic rings. The monoisotopic (exact) mass is 325 g/mol. The molecule has 0 bridgehead atoms. The summed E-state index contributed by atoms with van der Waals surface area (Å²) in [6.07, 6.45) is 2.06. The third-order valence-corrected chi connectivity index (χ3v) is 4.79. The Kier molecular flexibility index (Phi) is 4.72. The summed E-state index contributed by atoms with van der Waals surface area (Å²) in [4.78, 5) is 7.24. The molecule has 3 rings (SSSR count). The van der Waals surface area contributed by atoms with Crippen LogP contribution >= 0.6 is 23.2 Å². The lowest BCUT2D eigenvalue weighted by Gasteiger charge is -2.16. The molecule has 2 aromatic rings. The summed E-state index contributed by atoms with van der Waals surface area (Å²) in [5.74, 6) is 2.37. The minimum atomic E-state index is 0.600. The second-order valence-corrected chi connectivity index (χ2v) is 6.57. The summed E-state index contributed by atoms with van der Waals surface area (Å²) in [5.41, 5.74) is 2.16. The van der Waals surface area contributed by atoms with Crippen LogP contribution in [0.25, 0.3) is 11.0 Å². The topological polar surface area (TPSA) is 21.1 Å². The van der Waals surface area contributed by atoms with Crippen LogP contribution in [0, 0.1) is 5.92 Å². The molecule has 0 saturated carbocycles. The number of aromatic nitrogens is 2. The van der Waals surface area contributed by atoms with E-state index in [0.717, 1.165) is 41.4 Å². The highest BCUT2D eigenvalue weighted by Crippen LogP contribution is 2.25. The summed E-state index contributed by atoms with van der Waals surface area (Å²) in [6.45, 7) is 6.77. The molecule has 0 spiro atoms. The van der Waals surface area contributed by atoms with E-state index in [1.165, 1.54) is 19.5 Å². The van der Waals surface area contributed by atoms with Crippen molar-refractivity contribution in [1.29, 1.82) is 0 Å². The van der Waals surface area contributed by atoms with Gasteiger partial charge in [0.2, 0.25) is 0 Å². The molecule has 1 aliphatic heterocycles. The molecule has 1 aromatic heterocycles. The summed E-state index contributed by atoms with van der Waals surface area (Å²) in [7, 11) is 0. The fourth-order valence-corrected chi connectivity index (χ4v) is 3.57. The Morgan fingerprint density at radius 3 is 2.95 bits per heavy atom. The quantitative estimate of drug-likeness (QED) is 0.779. The molecule has 3 nitrogen and oxygen atoms in total. The number of halogens is 2. The average Bonchev–Trinajstić information content (AvgIpc) is 3.06. The van der Waals surface area contributed by atoms with E-state index in [4.69, 9.17) is 28.2 Å². The highest BCUT2D eigenvalue weighted by Gasteiger charge is 2.23. The maximum absolute atomic E-state index is 6.16. The van der Waals surface area contributed by atoms with Crippen LogP contribution in [0.5, 0.6) is 0 Å². The molecule has 5 heteroatoms. The van der Waals surface area contributed by atoms with Crippen LogP contribution in [0.2, 0.25) is 5.02 Å². The van der Waals surface area contributed by atoms with Gasteiger partial charge in [-0.15, -0.1) is 11.6 Å². The van der Waals surface area contributed by atoms with Crippen LogP contribution in [-0.2, 0) is 13.0 Å². The zero-order valence-electron chi connectivity index (χ0n) is 12.4. The molecule has 2 heterocycles. The Labute approximate surface area is 135 Å². The normalized spacial score (nSPS) is 19.7. The van der Waals surface area contributed by atoms with E-state index < -0.39 is 0 Å². The van der Waals surface area contributed by atoms with Gasteiger partial charge in [0, 0.05) is 30.4 Å². The molecule has 1 atom stereocenters. The number of fused-ring (bicyclic) bond motifs is 1. The zero-order chi connectivity index (χ0) is 14.8. The number of likely N-dealkylation sites (tertiary alicyclic amines) is 1. The van der Waals surface area contributed by atoms with Crippen molar-refractivity contribution < 1.29 is 0 Å². The van der Waals surface area contributed by atoms with Crippen molar-refractivity contribution in [3.63, 3.8) is 0 Å². The standard InChI is InChI=1S/C16H21Cl2N3/c1-2-20-8-6-12(10-20)11-21-15-9-13(18)3-4-14(15)19-16(21)5-7-17/h3-4,9,12H,2,5-8,10-11H2,1H3. The van der Waals surface area contributed by atoms with Gasteiger partial charge in [-0.2, -0.15) is 0 Å². The van der Waals surface area contributed by atoms with E-state index >= 15 is 0 Å². The molecule has 114 valence electrons. The SMILES string of the molecule is CCN1CCC(Cn2c(CCCl)nc3ccc(Cl)cc32)C1. The number of alkyl halides is 1. The first kappa shape index (κ1) is 15.1. The number of hydrogen-bond acceptors (Lipinski definition) is 2. The van der Waals surface area contributed by atoms with Gasteiger partial charge in [0.25, 0.3) is 0 Å². The Hall–Kier alpha value is -0.770. The Bertz CT molecular complexity index is 623. The number of hydrogen-bond donors (Lipinski definition) is 0. The van der Waals surface area contributed by atoms with Crippen molar-refractivity contribution >= 4 is 34.2 Å². The van der Waals surface area contributed by atoms with Gasteiger partial charge in [-0.3, -0.25) is 0 Å². The third kappa shape index (κ3) is 3.20. The van der Waals surface area contributed by atoms with Gasteiger partial charge in [0.05, 0.1) is 11.0 Å². The molecule has 0 radical (unpaired) electrons. The van der Waals surface area contributed by atoms with Crippen molar-refractivity contribution in [2.45, 2.75) is 26.3 Å². The number of rotatable bonds is 5. The molecular weight excluding hydrogens is 305 g/mol. The van der Waals surface area contributed by atoms with Gasteiger partial charge in [-0.25, -0.2) is 4.98 Å². The highest BCUT2D eigenvalue weighted by molar-refractivity contribution is 6.31. The molecule has 1 unspecified atom stereocenters. The fraction of sp³-hybridized carbons (Fsp3) is 0.562. The second kappa shape index (κ2) is 6.55. The first-order valence-electron chi connectivity index (χ1n) is 7.64. The van der Waals surface area contributed by atoms with Gasteiger partial charge in [-0.05, 0) is 43.6 Å². The third-order valence-electron chi connectivity index (χ3n) is 4.37. The predicted molar refractivity (Wildman–Crippen MR) is 89.4 cm³/mol. The van der Waals surface area contributed by atoms with Crippen LogP contribution in [0.3, 0.4) is 0 Å². The Morgan fingerprint density at radius 2 is 2.24 bits per heavy atom. The molecule has 21 heavy (non-hydrogen) atoms. The lowest BCUT2D eigenvalue weighted by Crippen LogP contribution is -2.21. The van der Waals surface area contributed by atoms with E-state index in [1.807, 2.05) is 18.2 Å². The number of imidazole rings is 1. The molecule has 0 amide bonds. The summed E-state index contributed by atoms with van der Waals surface area (Å²) >= 11 is 12.1. The predicted octanol–water partition coefficient (Wildman–Crippen LogP) is 3.81. The largest absolute Gasteiger partial charge is 0.328 e. The van der Waals surface area contributed by atoms with Crippen molar-refractivity contribution in [3.05, 3.63) is 29.0 Å². The summed E-state index contributed by atoms with van der Waals surface area (Å²) < 4.78 is 2.33. The first-order valence-corrected chi connectivity index (χ1v) is 8.55. The van der Waals surface area contributed by atoms with Crippen LogP contribution in [0.1, 0.15) is 19.2 Å². The first-order chi connectivity index (χ1) is 10.2. The van der Waals surface area contributed by atoms with E-state index in [0.29, 0.717) is 11.8 Å². The number of aryl methyl sites for hydroxylation is 1. The smallest absolute Gasteiger partial charge is 0.111 e. The summed E-state index contributed by atoms with van der Waals surface area (Å²) in [6, 6.07) is 5.92. The van der Waals surface area contributed by atoms with E-state index in [2.05, 4.69) is 16.4 Å². The maximum Gasteiger partial charge on any atom is 0.111 e. The van der Waals surface area contributed by atoms with Crippen LogP contribution in [0.4, 0.5) is 0 Å². The van der Waals surface area contributed by atoms with Crippen LogP contribution in [0.15, 0.2) is 18.2 Å². The van der Waals surface area contributed by atoms with Crippen molar-refractivity contribution in [2.75, 3.05) is 25.5 Å². The van der Waals surface area contributed by atoms with Crippen molar-refractivity contribution in [3.8, 4) is 0 Å². The van der Waals surface area contributed by atoms with Gasteiger partial charge in [-0.1, -0.05) is 18.5 Å². The fourth-order valence-electron chi connectivity index (χ4n) is 3.23. The van der Waals surface area contributed by atoms with Gasteiger partial charge in [0.15, 0.2) is 0 Å². The summed E-state index contributed by atoms with van der Waals surface area (Å²) in [5, 5.41) is 0.766. The Morgan fingerprint density at radius 1 is 1.38 bits per heavy atom. The zero-order valence-corrected chi connectivity index (χ0v) is 13.9. The minimum Gasteiger partial charge on any atom is -0.328 e. The molecule has 1 fully saturated rings. The minimum absolute atomic E-state index is 0.600. The van der Waals surface area contributed by atoms with Gasteiger partial charge < -0.3 is 9.47 Å². The van der Waals surface area contributed by atoms with Crippen LogP contribution in [-0.4, -0.2) is 40.0 Å². The molecular formula is C16H21Cl2N3. The van der Waals surface area contributed by atoms with Crippen LogP contribution < -0.4 is 0 Å². The van der Waals surface area contributed by atoms with Crippen molar-refractivity contribution in [1.82, 2.24) is 14.5 Å². The van der Waals surface area contributed by atoms with Gasteiger partial charge >= 0.3 is 0 Å².